The summed E-state index contributed by atoms with van der Waals surface area (Å²) >= 11 is 0. The lowest BCUT2D eigenvalue weighted by Gasteiger charge is -2.25. The van der Waals surface area contributed by atoms with Crippen LogP contribution in [0.25, 0.3) is 0 Å². The van der Waals surface area contributed by atoms with Gasteiger partial charge in [0.1, 0.15) is 12.3 Å². The zero-order valence-electron chi connectivity index (χ0n) is 15.7. The second-order valence-electron chi connectivity index (χ2n) is 6.92. The van der Waals surface area contributed by atoms with Crippen LogP contribution in [-0.2, 0) is 19.1 Å². The first-order valence-corrected chi connectivity index (χ1v) is 9.56. The molecule has 0 aliphatic carbocycles. The highest BCUT2D eigenvalue weighted by molar-refractivity contribution is 5.99. The molecular weight excluding hydrogens is 348 g/mol. The molecule has 27 heavy (non-hydrogen) atoms. The van der Waals surface area contributed by atoms with E-state index in [9.17, 15) is 14.4 Å². The fraction of sp³-hybridized carbons (Fsp3) is 0.550. The molecule has 0 saturated carbocycles. The van der Waals surface area contributed by atoms with Gasteiger partial charge in [-0.2, -0.15) is 0 Å². The number of carbonyl (C=O) groups is 3. The molecule has 146 valence electrons. The van der Waals surface area contributed by atoms with Crippen molar-refractivity contribution in [1.82, 2.24) is 4.90 Å². The van der Waals surface area contributed by atoms with Gasteiger partial charge in [0.2, 0.25) is 5.91 Å². The highest BCUT2D eigenvalue weighted by atomic mass is 16.5. The fourth-order valence-electron chi connectivity index (χ4n) is 3.46. The highest BCUT2D eigenvalue weighted by Crippen LogP contribution is 2.30. The van der Waals surface area contributed by atoms with Crippen LogP contribution in [0, 0.1) is 0 Å². The first kappa shape index (κ1) is 19.2. The lowest BCUT2D eigenvalue weighted by atomic mass is 10.2. The summed E-state index contributed by atoms with van der Waals surface area (Å²) in [5.41, 5.74) is 0.545. The number of likely N-dealkylation sites (tertiary alicyclic amines) is 1. The molecule has 2 aliphatic rings. The van der Waals surface area contributed by atoms with E-state index in [2.05, 4.69) is 0 Å². The van der Waals surface area contributed by atoms with Crippen LogP contribution in [0.2, 0.25) is 0 Å². The molecule has 0 N–H and O–H groups in total. The summed E-state index contributed by atoms with van der Waals surface area (Å²) in [6.45, 7) is 3.03. The van der Waals surface area contributed by atoms with Crippen molar-refractivity contribution in [3.63, 3.8) is 0 Å². The molecule has 0 bridgehead atoms. The van der Waals surface area contributed by atoms with E-state index < -0.39 is 12.1 Å². The monoisotopic (exact) mass is 374 g/mol. The van der Waals surface area contributed by atoms with Gasteiger partial charge in [0.05, 0.1) is 18.7 Å². The molecule has 1 atom stereocenters. The van der Waals surface area contributed by atoms with Gasteiger partial charge in [-0.15, -0.1) is 0 Å². The lowest BCUT2D eigenvalue weighted by molar-refractivity contribution is -0.158. The Morgan fingerprint density at radius 2 is 1.85 bits per heavy atom. The average molecular weight is 374 g/mol. The molecule has 0 unspecified atom stereocenters. The van der Waals surface area contributed by atoms with Crippen molar-refractivity contribution < 1.29 is 23.9 Å². The molecule has 1 fully saturated rings. The number of nitrogens with zero attached hydrogens (tertiary/aromatic N) is 2. The summed E-state index contributed by atoms with van der Waals surface area (Å²) in [4.78, 5) is 40.5. The molecule has 7 nitrogen and oxygen atoms in total. The van der Waals surface area contributed by atoms with Crippen LogP contribution in [0.3, 0.4) is 0 Å². The molecule has 0 radical (unpaired) electrons. The zero-order chi connectivity index (χ0) is 19.2. The second kappa shape index (κ2) is 8.88. The minimum absolute atomic E-state index is 0.170. The van der Waals surface area contributed by atoms with Gasteiger partial charge in [-0.25, -0.2) is 0 Å². The minimum atomic E-state index is -0.857. The molecule has 1 aromatic carbocycles. The number of amides is 2. The van der Waals surface area contributed by atoms with E-state index in [0.717, 1.165) is 25.7 Å². The molecule has 7 heteroatoms. The van der Waals surface area contributed by atoms with Crippen molar-refractivity contribution in [3.05, 3.63) is 24.3 Å². The Morgan fingerprint density at radius 3 is 2.59 bits per heavy atom. The number of benzene rings is 1. The van der Waals surface area contributed by atoms with Crippen LogP contribution in [0.1, 0.15) is 39.0 Å². The predicted octanol–water partition coefficient (Wildman–Crippen LogP) is 2.14. The van der Waals surface area contributed by atoms with Crippen molar-refractivity contribution >= 4 is 23.5 Å². The Kier molecular flexibility index (Phi) is 6.32. The van der Waals surface area contributed by atoms with Crippen LogP contribution >= 0.6 is 0 Å². The number of ether oxygens (including phenoxy) is 2. The predicted molar refractivity (Wildman–Crippen MR) is 99.5 cm³/mol. The van der Waals surface area contributed by atoms with Crippen molar-refractivity contribution in [2.24, 2.45) is 0 Å². The van der Waals surface area contributed by atoms with Gasteiger partial charge in [0.25, 0.3) is 5.91 Å². The number of fused-ring (bicyclic) bond motifs is 1. The second-order valence-corrected chi connectivity index (χ2v) is 6.92. The summed E-state index contributed by atoms with van der Waals surface area (Å²) in [7, 11) is 0. The summed E-state index contributed by atoms with van der Waals surface area (Å²) in [6, 6.07) is 7.09. The number of hydrogen-bond acceptors (Lipinski definition) is 5. The number of hydrogen-bond donors (Lipinski definition) is 0. The molecule has 2 heterocycles. The van der Waals surface area contributed by atoms with Crippen molar-refractivity contribution in [3.8, 4) is 5.75 Å². The third-order valence-electron chi connectivity index (χ3n) is 4.89. The quantitative estimate of drug-likeness (QED) is 0.755. The van der Waals surface area contributed by atoms with Crippen molar-refractivity contribution in [2.45, 2.75) is 45.1 Å². The van der Waals surface area contributed by atoms with Gasteiger partial charge in [-0.1, -0.05) is 25.0 Å². The highest BCUT2D eigenvalue weighted by Gasteiger charge is 2.28. The fourth-order valence-corrected chi connectivity index (χ4v) is 3.46. The number of anilines is 1. The van der Waals surface area contributed by atoms with Gasteiger partial charge >= 0.3 is 5.97 Å². The van der Waals surface area contributed by atoms with Crippen LogP contribution in [0.5, 0.6) is 5.75 Å². The van der Waals surface area contributed by atoms with Gasteiger partial charge in [-0.05, 0) is 31.9 Å². The van der Waals surface area contributed by atoms with E-state index in [-0.39, 0.29) is 31.4 Å². The van der Waals surface area contributed by atoms with Crippen LogP contribution in [0.15, 0.2) is 24.3 Å². The molecule has 1 aromatic rings. The first-order valence-electron chi connectivity index (χ1n) is 9.56. The maximum atomic E-state index is 12.5. The molecule has 1 saturated heterocycles. The Hall–Kier alpha value is -2.57. The Balaban J connectivity index is 1.62. The van der Waals surface area contributed by atoms with Crippen LogP contribution in [-0.4, -0.2) is 55.0 Å². The van der Waals surface area contributed by atoms with Crippen LogP contribution < -0.4 is 9.64 Å². The van der Waals surface area contributed by atoms with Gasteiger partial charge in [0, 0.05) is 13.1 Å². The Labute approximate surface area is 159 Å². The Morgan fingerprint density at radius 1 is 1.15 bits per heavy atom. The standard InChI is InChI=1S/C20H26N2O5/c1-15(20(25)21-11-6-2-3-7-12-21)27-19(24)14-22-16-8-4-5-9-17(16)26-13-10-18(22)23/h4-5,8-9,15H,2-3,6-7,10-14H2,1H3/t15-/m1/s1. The number of rotatable bonds is 4. The summed E-state index contributed by atoms with van der Waals surface area (Å²) < 4.78 is 10.9. The van der Waals surface area contributed by atoms with E-state index in [4.69, 9.17) is 9.47 Å². The molecule has 0 spiro atoms. The summed E-state index contributed by atoms with van der Waals surface area (Å²) in [5, 5.41) is 0. The van der Waals surface area contributed by atoms with Gasteiger partial charge in [-0.3, -0.25) is 19.3 Å². The van der Waals surface area contributed by atoms with E-state index in [1.54, 1.807) is 30.0 Å². The summed E-state index contributed by atoms with van der Waals surface area (Å²) in [5.74, 6) is -0.417. The molecule has 2 aliphatic heterocycles. The lowest BCUT2D eigenvalue weighted by Crippen LogP contribution is -2.43. The first-order chi connectivity index (χ1) is 13.1. The normalized spacial score (nSPS) is 18.6. The van der Waals surface area contributed by atoms with E-state index in [0.29, 0.717) is 24.5 Å². The molecule has 2 amide bonds. The maximum absolute atomic E-state index is 12.5. The largest absolute Gasteiger partial charge is 0.491 e. The van der Waals surface area contributed by atoms with Crippen molar-refractivity contribution in [2.75, 3.05) is 31.1 Å². The van der Waals surface area contributed by atoms with E-state index in [1.165, 1.54) is 4.90 Å². The van der Waals surface area contributed by atoms with Gasteiger partial charge in [0.15, 0.2) is 6.10 Å². The van der Waals surface area contributed by atoms with Crippen LogP contribution in [0.4, 0.5) is 5.69 Å². The zero-order valence-corrected chi connectivity index (χ0v) is 15.7. The van der Waals surface area contributed by atoms with E-state index in [1.807, 2.05) is 6.07 Å². The number of para-hydroxylation sites is 2. The summed E-state index contributed by atoms with van der Waals surface area (Å²) in [6.07, 6.45) is 3.53. The smallest absolute Gasteiger partial charge is 0.326 e. The minimum Gasteiger partial charge on any atom is -0.491 e. The SMILES string of the molecule is C[C@@H](OC(=O)CN1C(=O)CCOc2ccccc21)C(=O)N1CCCCCC1. The Bertz CT molecular complexity index is 697. The van der Waals surface area contributed by atoms with E-state index >= 15 is 0 Å². The number of esters is 1. The average Bonchev–Trinajstić information content (AvgIpc) is 3.02. The third kappa shape index (κ3) is 4.78. The van der Waals surface area contributed by atoms with Crippen molar-refractivity contribution in [1.29, 1.82) is 0 Å². The molecular formula is C20H26N2O5. The third-order valence-corrected chi connectivity index (χ3v) is 4.89. The maximum Gasteiger partial charge on any atom is 0.326 e. The molecule has 3 rings (SSSR count). The van der Waals surface area contributed by atoms with Gasteiger partial charge < -0.3 is 14.4 Å². The molecule has 0 aromatic heterocycles. The topological polar surface area (TPSA) is 76.1 Å². The number of carbonyl (C=O) groups excluding carboxylic acids is 3.